The first-order valence-electron chi connectivity index (χ1n) is 10.3. The van der Waals surface area contributed by atoms with Crippen LogP contribution in [0.25, 0.3) is 0 Å². The van der Waals surface area contributed by atoms with Gasteiger partial charge in [0, 0.05) is 31.6 Å². The van der Waals surface area contributed by atoms with Gasteiger partial charge in [0.25, 0.3) is 0 Å². The molecule has 3 aliphatic rings. The molecule has 1 aromatic carbocycles. The molecular formula is C22H30N2O3. The van der Waals surface area contributed by atoms with Gasteiger partial charge in [-0.2, -0.15) is 0 Å². The van der Waals surface area contributed by atoms with E-state index in [1.165, 1.54) is 0 Å². The van der Waals surface area contributed by atoms with E-state index in [0.717, 1.165) is 63.6 Å². The number of benzene rings is 1. The smallest absolute Gasteiger partial charge is 0.230 e. The first-order valence-corrected chi connectivity index (χ1v) is 10.3. The maximum Gasteiger partial charge on any atom is 0.230 e. The van der Waals surface area contributed by atoms with Gasteiger partial charge in [-0.3, -0.25) is 9.59 Å². The van der Waals surface area contributed by atoms with Crippen molar-refractivity contribution in [1.82, 2.24) is 9.80 Å². The SMILES string of the molecule is CN1C(=O)[C@@H](c2ccccc2)CC12CCN(C(=O)C1CCC(O)CC1)CC2. The van der Waals surface area contributed by atoms with Gasteiger partial charge in [-0.15, -0.1) is 0 Å². The van der Waals surface area contributed by atoms with Crippen molar-refractivity contribution in [2.75, 3.05) is 20.1 Å². The summed E-state index contributed by atoms with van der Waals surface area (Å²) in [7, 11) is 1.94. The number of hydrogen-bond acceptors (Lipinski definition) is 3. The van der Waals surface area contributed by atoms with Gasteiger partial charge in [0.2, 0.25) is 11.8 Å². The lowest BCUT2D eigenvalue weighted by atomic mass is 9.80. The van der Waals surface area contributed by atoms with Crippen LogP contribution in [0.2, 0.25) is 0 Å². The van der Waals surface area contributed by atoms with Crippen molar-refractivity contribution in [3.05, 3.63) is 35.9 Å². The fourth-order valence-corrected chi connectivity index (χ4v) is 5.28. The number of aliphatic hydroxyl groups is 1. The van der Waals surface area contributed by atoms with Gasteiger partial charge >= 0.3 is 0 Å². The van der Waals surface area contributed by atoms with Gasteiger partial charge < -0.3 is 14.9 Å². The van der Waals surface area contributed by atoms with Crippen LogP contribution < -0.4 is 0 Å². The third-order valence-corrected chi connectivity index (χ3v) is 7.18. The number of carbonyl (C=O) groups is 2. The Morgan fingerprint density at radius 1 is 1.07 bits per heavy atom. The molecule has 0 unspecified atom stereocenters. The molecule has 0 aromatic heterocycles. The van der Waals surface area contributed by atoms with Crippen molar-refractivity contribution in [2.24, 2.45) is 5.92 Å². The van der Waals surface area contributed by atoms with Crippen molar-refractivity contribution in [1.29, 1.82) is 0 Å². The Hall–Kier alpha value is -1.88. The summed E-state index contributed by atoms with van der Waals surface area (Å²) >= 11 is 0. The lowest BCUT2D eigenvalue weighted by Crippen LogP contribution is -2.53. The Morgan fingerprint density at radius 3 is 2.33 bits per heavy atom. The quantitative estimate of drug-likeness (QED) is 0.870. The molecule has 2 amide bonds. The van der Waals surface area contributed by atoms with Crippen LogP contribution in [0.3, 0.4) is 0 Å². The van der Waals surface area contributed by atoms with Gasteiger partial charge in [0.15, 0.2) is 0 Å². The van der Waals surface area contributed by atoms with Crippen LogP contribution in [0, 0.1) is 5.92 Å². The van der Waals surface area contributed by atoms with E-state index in [9.17, 15) is 14.7 Å². The molecule has 1 N–H and O–H groups in total. The van der Waals surface area contributed by atoms with Crippen LogP contribution in [-0.4, -0.2) is 58.5 Å². The number of hydrogen-bond donors (Lipinski definition) is 1. The molecule has 27 heavy (non-hydrogen) atoms. The summed E-state index contributed by atoms with van der Waals surface area (Å²) in [4.78, 5) is 29.7. The molecule has 1 saturated carbocycles. The fourth-order valence-electron chi connectivity index (χ4n) is 5.28. The predicted octanol–water partition coefficient (Wildman–Crippen LogP) is 2.54. The molecule has 4 rings (SSSR count). The number of aliphatic hydroxyl groups excluding tert-OH is 1. The Morgan fingerprint density at radius 2 is 1.70 bits per heavy atom. The number of nitrogens with zero attached hydrogens (tertiary/aromatic N) is 2. The van der Waals surface area contributed by atoms with E-state index in [1.54, 1.807) is 0 Å². The second-order valence-electron chi connectivity index (χ2n) is 8.62. The van der Waals surface area contributed by atoms with Crippen molar-refractivity contribution < 1.29 is 14.7 Å². The molecule has 0 bridgehead atoms. The number of likely N-dealkylation sites (N-methyl/N-ethyl adjacent to an activating group) is 1. The highest BCUT2D eigenvalue weighted by Crippen LogP contribution is 2.45. The van der Waals surface area contributed by atoms with E-state index in [-0.39, 0.29) is 35.3 Å². The third-order valence-electron chi connectivity index (χ3n) is 7.18. The minimum absolute atomic E-state index is 0.0571. The van der Waals surface area contributed by atoms with E-state index < -0.39 is 0 Å². The van der Waals surface area contributed by atoms with Gasteiger partial charge in [0.1, 0.15) is 0 Å². The second kappa shape index (κ2) is 7.27. The first kappa shape index (κ1) is 18.5. The standard InChI is InChI=1S/C22H30N2O3/c1-23-21(27)19(16-5-3-2-4-6-16)15-22(23)11-13-24(14-12-22)20(26)17-7-9-18(25)10-8-17/h2-6,17-19,25H,7-15H2,1H3/t17?,18?,19-/m1/s1. The predicted molar refractivity (Wildman–Crippen MR) is 103 cm³/mol. The highest BCUT2D eigenvalue weighted by atomic mass is 16.3. The van der Waals surface area contributed by atoms with Crippen LogP contribution in [0.5, 0.6) is 0 Å². The molecule has 1 spiro atoms. The summed E-state index contributed by atoms with van der Waals surface area (Å²) in [5, 5.41) is 9.67. The maximum absolute atomic E-state index is 12.9. The van der Waals surface area contributed by atoms with Gasteiger partial charge in [-0.1, -0.05) is 30.3 Å². The minimum atomic E-state index is -0.230. The zero-order valence-electron chi connectivity index (χ0n) is 16.1. The van der Waals surface area contributed by atoms with Crippen LogP contribution >= 0.6 is 0 Å². The summed E-state index contributed by atoms with van der Waals surface area (Å²) in [6.45, 7) is 1.47. The van der Waals surface area contributed by atoms with E-state index >= 15 is 0 Å². The van der Waals surface area contributed by atoms with E-state index in [0.29, 0.717) is 0 Å². The minimum Gasteiger partial charge on any atom is -0.393 e. The van der Waals surface area contributed by atoms with E-state index in [1.807, 2.05) is 47.2 Å². The second-order valence-corrected chi connectivity index (χ2v) is 8.62. The van der Waals surface area contributed by atoms with Gasteiger partial charge in [0.05, 0.1) is 12.0 Å². The van der Waals surface area contributed by atoms with Crippen LogP contribution in [-0.2, 0) is 9.59 Å². The lowest BCUT2D eigenvalue weighted by molar-refractivity contribution is -0.140. The maximum atomic E-state index is 12.9. The average molecular weight is 370 g/mol. The number of piperidine rings is 1. The number of carbonyl (C=O) groups excluding carboxylic acids is 2. The van der Waals surface area contributed by atoms with Crippen molar-refractivity contribution in [3.8, 4) is 0 Å². The van der Waals surface area contributed by atoms with E-state index in [2.05, 4.69) is 0 Å². The lowest BCUT2D eigenvalue weighted by Gasteiger charge is -2.44. The third kappa shape index (κ3) is 3.38. The monoisotopic (exact) mass is 370 g/mol. The topological polar surface area (TPSA) is 60.9 Å². The van der Waals surface area contributed by atoms with Crippen molar-refractivity contribution >= 4 is 11.8 Å². The van der Waals surface area contributed by atoms with Crippen molar-refractivity contribution in [3.63, 3.8) is 0 Å². The molecule has 1 aromatic rings. The highest BCUT2D eigenvalue weighted by Gasteiger charge is 2.51. The molecule has 3 fully saturated rings. The van der Waals surface area contributed by atoms with Gasteiger partial charge in [-0.25, -0.2) is 0 Å². The van der Waals surface area contributed by atoms with Gasteiger partial charge in [-0.05, 0) is 50.5 Å². The summed E-state index contributed by atoms with van der Waals surface area (Å²) in [6.07, 6.45) is 5.43. The zero-order chi connectivity index (χ0) is 19.0. The number of amides is 2. The summed E-state index contributed by atoms with van der Waals surface area (Å²) < 4.78 is 0. The Labute approximate surface area is 161 Å². The average Bonchev–Trinajstić information content (AvgIpc) is 2.95. The zero-order valence-corrected chi connectivity index (χ0v) is 16.1. The molecule has 0 radical (unpaired) electrons. The molecule has 2 heterocycles. The molecule has 2 saturated heterocycles. The summed E-state index contributed by atoms with van der Waals surface area (Å²) in [5.41, 5.74) is 0.988. The molecule has 2 aliphatic heterocycles. The molecule has 5 nitrogen and oxygen atoms in total. The fraction of sp³-hybridized carbons (Fsp3) is 0.636. The number of rotatable bonds is 2. The summed E-state index contributed by atoms with van der Waals surface area (Å²) in [6, 6.07) is 10.1. The number of likely N-dealkylation sites (tertiary alicyclic amines) is 2. The molecular weight excluding hydrogens is 340 g/mol. The van der Waals surface area contributed by atoms with Crippen molar-refractivity contribution in [2.45, 2.75) is 62.5 Å². The molecule has 1 aliphatic carbocycles. The summed E-state index contributed by atoms with van der Waals surface area (Å²) in [5.74, 6) is 0.478. The first-order chi connectivity index (χ1) is 13.0. The van der Waals surface area contributed by atoms with Crippen LogP contribution in [0.4, 0.5) is 0 Å². The van der Waals surface area contributed by atoms with Crippen LogP contribution in [0.15, 0.2) is 30.3 Å². The van der Waals surface area contributed by atoms with Crippen LogP contribution in [0.1, 0.15) is 56.4 Å². The molecule has 5 heteroatoms. The normalized spacial score (nSPS) is 30.7. The Balaban J connectivity index is 1.41. The van der Waals surface area contributed by atoms with E-state index in [4.69, 9.17) is 0 Å². The molecule has 1 atom stereocenters. The largest absolute Gasteiger partial charge is 0.393 e. The Bertz CT molecular complexity index is 689. The highest BCUT2D eigenvalue weighted by molar-refractivity contribution is 5.87. The molecule has 146 valence electrons. The Kier molecular flexibility index (Phi) is 4.97.